The molecule has 0 unspecified atom stereocenters. The first-order valence-electron chi connectivity index (χ1n) is 38.4. The summed E-state index contributed by atoms with van der Waals surface area (Å²) in [7, 11) is 0. The van der Waals surface area contributed by atoms with Gasteiger partial charge in [-0.3, -0.25) is 38.8 Å². The summed E-state index contributed by atoms with van der Waals surface area (Å²) in [5, 5.41) is 3.22. The highest BCUT2D eigenvalue weighted by atomic mass is 19.2. The van der Waals surface area contributed by atoms with Gasteiger partial charge in [-0.1, -0.05) is 220 Å². The van der Waals surface area contributed by atoms with Crippen LogP contribution in [0.2, 0.25) is 0 Å². The fraction of sp³-hybridized carbons (Fsp3) is 0.253. The van der Waals surface area contributed by atoms with E-state index in [2.05, 4.69) is 193 Å². The number of nitrogens with zero attached hydrogens (tertiary/aromatic N) is 9. The third kappa shape index (κ3) is 11.8. The summed E-state index contributed by atoms with van der Waals surface area (Å²) < 4.78 is 30.8. The summed E-state index contributed by atoms with van der Waals surface area (Å²) in [6.45, 7) is 34.5. The summed E-state index contributed by atoms with van der Waals surface area (Å²) in [5.74, 6) is -0.456. The van der Waals surface area contributed by atoms with Crippen LogP contribution in [-0.2, 0) is 0 Å². The second-order valence-electron chi connectivity index (χ2n) is 32.0. The number of carbonyl (C=O) groups excluding carboxylic acids is 4. The fourth-order valence-electron chi connectivity index (χ4n) is 16.5. The predicted molar refractivity (Wildman–Crippen MR) is 440 cm³/mol. The average Bonchev–Trinajstić information content (AvgIpc) is 1.56. The fourth-order valence-corrected chi connectivity index (χ4v) is 16.5. The van der Waals surface area contributed by atoms with Crippen LogP contribution in [0.15, 0.2) is 211 Å². The van der Waals surface area contributed by atoms with E-state index in [1.54, 1.807) is 30.5 Å². The van der Waals surface area contributed by atoms with Gasteiger partial charge in [-0.25, -0.2) is 33.7 Å². The van der Waals surface area contributed by atoms with E-state index in [1.165, 1.54) is 0 Å². The van der Waals surface area contributed by atoms with Crippen LogP contribution >= 0.6 is 0 Å². The van der Waals surface area contributed by atoms with Gasteiger partial charge in [-0.05, 0) is 180 Å². The summed E-state index contributed by atoms with van der Waals surface area (Å²) in [6, 6.07) is 50.4. The van der Waals surface area contributed by atoms with Gasteiger partial charge in [0.15, 0.2) is 63.7 Å². The third-order valence-corrected chi connectivity index (χ3v) is 22.1. The molecule has 12 aromatic rings. The number of aromatic nitrogens is 5. The number of hydrogen-bond donors (Lipinski definition) is 0. The zero-order valence-corrected chi connectivity index (χ0v) is 64.9. The van der Waals surface area contributed by atoms with Crippen LogP contribution in [0, 0.1) is 11.6 Å². The molecular formula is C95H87F2N9O4. The zero-order valence-electron chi connectivity index (χ0n) is 64.9. The Kier molecular flexibility index (Phi) is 18.1. The number of anilines is 8. The van der Waals surface area contributed by atoms with Crippen LogP contribution in [0.3, 0.4) is 0 Å². The molecule has 13 nitrogen and oxygen atoms in total. The first-order valence-corrected chi connectivity index (χ1v) is 38.4. The van der Waals surface area contributed by atoms with E-state index in [9.17, 15) is 9.59 Å². The van der Waals surface area contributed by atoms with Crippen molar-refractivity contribution in [2.45, 2.75) is 158 Å². The molecule has 0 amide bonds. The van der Waals surface area contributed by atoms with E-state index in [-0.39, 0.29) is 92.2 Å². The Morgan fingerprint density at radius 3 is 0.927 bits per heavy atom. The molecule has 16 rings (SSSR count). The number of Topliss-reactive ketones (excluding diaryl/α,β-unsaturated/α-hetero) is 4. The van der Waals surface area contributed by atoms with Crippen molar-refractivity contribution in [2.24, 2.45) is 0 Å². The molecule has 550 valence electrons. The SMILES string of the molecule is CC(C)c1cccc(C(C)C)c1N1C(=C/C=C2/C(=O)c3cc4ccc(-c5cnc6nc7c(nc6c5)N(c5c(C(C)C)cccc5C(C)C)/C(=C\C=C5C(=O)c6cc8ccccc8cc6C5=O)N7c5c(C(C)C)cccc5C(C)C)cc4cc3C2=O)N(c2c(C(C)C)cccc2C(C)C)c2nc3cc(F)c(F)cc3nc21. The summed E-state index contributed by atoms with van der Waals surface area (Å²) in [4.78, 5) is 95.2. The van der Waals surface area contributed by atoms with Gasteiger partial charge >= 0.3 is 0 Å². The van der Waals surface area contributed by atoms with Crippen LogP contribution in [0.1, 0.15) is 244 Å². The lowest BCUT2D eigenvalue weighted by atomic mass is 9.91. The molecule has 3 aromatic heterocycles. The normalized spacial score (nSPS) is 15.1. The molecule has 2 aliphatic carbocycles. The first kappa shape index (κ1) is 72.2. The number of benzene rings is 9. The maximum atomic E-state index is 15.4. The van der Waals surface area contributed by atoms with E-state index in [4.69, 9.17) is 24.9 Å². The minimum absolute atomic E-state index is 0.00393. The summed E-state index contributed by atoms with van der Waals surface area (Å²) in [6.07, 6.45) is 8.81. The van der Waals surface area contributed by atoms with Gasteiger partial charge in [0.1, 0.15) is 17.2 Å². The van der Waals surface area contributed by atoms with Gasteiger partial charge in [-0.2, -0.15) is 0 Å². The smallest absolute Gasteiger partial charge is 0.197 e. The van der Waals surface area contributed by atoms with E-state index >= 15 is 18.4 Å². The third-order valence-electron chi connectivity index (χ3n) is 22.1. The van der Waals surface area contributed by atoms with Crippen molar-refractivity contribution in [1.29, 1.82) is 0 Å². The molecule has 0 saturated heterocycles. The van der Waals surface area contributed by atoms with Crippen LogP contribution in [0.4, 0.5) is 54.8 Å². The highest BCUT2D eigenvalue weighted by Crippen LogP contribution is 2.57. The molecule has 4 aliphatic rings. The number of halogens is 2. The molecule has 0 spiro atoms. The lowest BCUT2D eigenvalue weighted by Crippen LogP contribution is -2.26. The number of fused-ring (bicyclic) bond motifs is 8. The number of carbonyl (C=O) groups is 4. The Bertz CT molecular complexity index is 5830. The van der Waals surface area contributed by atoms with Crippen molar-refractivity contribution >= 4 is 113 Å². The molecule has 0 atom stereocenters. The standard InChI is InChI=1S/C95H87F2N9O4/c1-48(2)62-25-19-26-63(49(3)4)83(62)103-81(104(84-64(50(5)6)27-20-28-65(84)51(7)8)93-92(103)99-78-45-76(96)77(97)46-79(78)100-93)37-35-71-89(109)74-42-59-34-33-58(39-60(59)43-75(74)90(71)110)61-44-80-91(98-47-61)102-95-94(101-80)105(85-66(52(9)10)29-21-30-67(85)53(11)12)82(106(95)86-68(54(13)14)31-22-32-69(86)55(15)16)38-36-70-87(107)72-40-56-23-17-18-24-57(56)41-73(72)88(70)108/h17-55H,1-16H3/b71-35-,82-38+. The van der Waals surface area contributed by atoms with Crippen molar-refractivity contribution in [3.05, 3.63) is 289 Å². The van der Waals surface area contributed by atoms with E-state index in [0.717, 1.165) is 112 Å². The molecule has 15 heteroatoms. The first-order chi connectivity index (χ1) is 52.7. The molecule has 0 saturated carbocycles. The van der Waals surface area contributed by atoms with E-state index in [1.807, 2.05) is 82.6 Å². The van der Waals surface area contributed by atoms with Gasteiger partial charge in [-0.15, -0.1) is 0 Å². The van der Waals surface area contributed by atoms with Crippen LogP contribution in [-0.4, -0.2) is 48.1 Å². The van der Waals surface area contributed by atoms with Gasteiger partial charge in [0, 0.05) is 46.1 Å². The maximum Gasteiger partial charge on any atom is 0.197 e. The van der Waals surface area contributed by atoms with Crippen molar-refractivity contribution in [3.8, 4) is 11.1 Å². The zero-order chi connectivity index (χ0) is 77.5. The van der Waals surface area contributed by atoms with Crippen molar-refractivity contribution in [3.63, 3.8) is 0 Å². The Labute approximate surface area is 640 Å². The topological polar surface area (TPSA) is 146 Å². The van der Waals surface area contributed by atoms with E-state index < -0.39 is 23.2 Å². The summed E-state index contributed by atoms with van der Waals surface area (Å²) in [5.41, 5.74) is 15.9. The molecule has 5 heterocycles. The van der Waals surface area contributed by atoms with Crippen molar-refractivity contribution < 1.29 is 28.0 Å². The van der Waals surface area contributed by atoms with Gasteiger partial charge < -0.3 is 0 Å². The Hall–Kier alpha value is -12.0. The number of ketones is 4. The Balaban J connectivity index is 0.844. The number of allylic oxidation sites excluding steroid dienone is 6. The second kappa shape index (κ2) is 27.6. The van der Waals surface area contributed by atoms with Crippen LogP contribution in [0.25, 0.3) is 54.9 Å². The largest absolute Gasteiger partial charge is 0.288 e. The highest BCUT2D eigenvalue weighted by Gasteiger charge is 2.45. The van der Waals surface area contributed by atoms with Crippen LogP contribution < -0.4 is 19.6 Å². The molecular weight excluding hydrogens is 1370 g/mol. The monoisotopic (exact) mass is 1460 g/mol. The lowest BCUT2D eigenvalue weighted by molar-refractivity contribution is 0.0973. The number of para-hydroxylation sites is 4. The van der Waals surface area contributed by atoms with Gasteiger partial charge in [0.25, 0.3) is 0 Å². The van der Waals surface area contributed by atoms with Gasteiger partial charge in [0.05, 0.1) is 44.9 Å². The molecule has 2 aliphatic heterocycles. The molecule has 0 radical (unpaired) electrons. The molecule has 0 N–H and O–H groups in total. The second-order valence-corrected chi connectivity index (χ2v) is 32.0. The molecule has 9 aromatic carbocycles. The maximum absolute atomic E-state index is 15.4. The lowest BCUT2D eigenvalue weighted by Gasteiger charge is -2.32. The molecule has 0 bridgehead atoms. The average molecular weight is 1460 g/mol. The Morgan fingerprint density at radius 1 is 0.300 bits per heavy atom. The summed E-state index contributed by atoms with van der Waals surface area (Å²) >= 11 is 0. The van der Waals surface area contributed by atoms with Crippen LogP contribution in [0.5, 0.6) is 0 Å². The quantitative estimate of drug-likeness (QED) is 0.0709. The number of rotatable bonds is 15. The van der Waals surface area contributed by atoms with Gasteiger partial charge in [0.2, 0.25) is 0 Å². The number of hydrogen-bond acceptors (Lipinski definition) is 13. The Morgan fingerprint density at radius 2 is 0.600 bits per heavy atom. The predicted octanol–water partition coefficient (Wildman–Crippen LogP) is 24.5. The molecule has 110 heavy (non-hydrogen) atoms. The number of pyridine rings is 1. The minimum atomic E-state index is -1.05. The highest BCUT2D eigenvalue weighted by molar-refractivity contribution is 6.41. The minimum Gasteiger partial charge on any atom is -0.288 e. The molecule has 0 fully saturated rings. The van der Waals surface area contributed by atoms with E-state index in [0.29, 0.717) is 57.2 Å². The van der Waals surface area contributed by atoms with Crippen molar-refractivity contribution in [2.75, 3.05) is 19.6 Å². The van der Waals surface area contributed by atoms with Crippen molar-refractivity contribution in [1.82, 2.24) is 24.9 Å².